The number of halogens is 2. The summed E-state index contributed by atoms with van der Waals surface area (Å²) in [7, 11) is 0. The van der Waals surface area contributed by atoms with E-state index < -0.39 is 0 Å². The van der Waals surface area contributed by atoms with E-state index in [0.29, 0.717) is 17.7 Å². The summed E-state index contributed by atoms with van der Waals surface area (Å²) >= 11 is 0. The maximum atomic E-state index is 13.1. The minimum absolute atomic E-state index is 0. The number of anilines is 1. The van der Waals surface area contributed by atoms with E-state index in [4.69, 9.17) is 0 Å². The van der Waals surface area contributed by atoms with Crippen molar-refractivity contribution in [3.05, 3.63) is 42.2 Å². The zero-order chi connectivity index (χ0) is 15.8. The number of nitrogens with zero attached hydrogens (tertiary/aromatic N) is 1. The molecule has 1 aliphatic carbocycles. The van der Waals surface area contributed by atoms with Crippen LogP contribution < -0.4 is 16.0 Å². The van der Waals surface area contributed by atoms with Crippen molar-refractivity contribution in [2.75, 3.05) is 18.4 Å². The highest BCUT2D eigenvalue weighted by atomic mass is 127. The second-order valence-corrected chi connectivity index (χ2v) is 5.04. The number of rotatable bonds is 5. The van der Waals surface area contributed by atoms with Gasteiger partial charge in [-0.2, -0.15) is 0 Å². The van der Waals surface area contributed by atoms with Crippen molar-refractivity contribution in [1.29, 1.82) is 0 Å². The molecule has 23 heavy (non-hydrogen) atoms. The van der Waals surface area contributed by atoms with Crippen molar-refractivity contribution in [2.45, 2.75) is 25.8 Å². The first-order valence-electron chi connectivity index (χ1n) is 7.42. The summed E-state index contributed by atoms with van der Waals surface area (Å²) in [6.45, 7) is 2.67. The van der Waals surface area contributed by atoms with Gasteiger partial charge in [-0.15, -0.1) is 24.0 Å². The second kappa shape index (κ2) is 10.2. The molecule has 0 radical (unpaired) electrons. The summed E-state index contributed by atoms with van der Waals surface area (Å²) in [6, 6.07) is 6.11. The fourth-order valence-corrected chi connectivity index (χ4v) is 2.17. The lowest BCUT2D eigenvalue weighted by atomic mass is 10.2. The third-order valence-electron chi connectivity index (χ3n) is 3.18. The monoisotopic (exact) mass is 432 g/mol. The molecule has 1 aromatic rings. The lowest BCUT2D eigenvalue weighted by molar-refractivity contribution is -0.114. The Labute approximate surface area is 152 Å². The van der Waals surface area contributed by atoms with Gasteiger partial charge in [-0.3, -0.25) is 4.79 Å². The summed E-state index contributed by atoms with van der Waals surface area (Å²) in [5.74, 6) is -0.0528. The molecule has 0 saturated carbocycles. The zero-order valence-corrected chi connectivity index (χ0v) is 15.3. The Morgan fingerprint density at radius 2 is 2.09 bits per heavy atom. The Morgan fingerprint density at radius 1 is 1.35 bits per heavy atom. The Bertz CT molecular complexity index is 569. The Hall–Kier alpha value is -1.64. The summed E-state index contributed by atoms with van der Waals surface area (Å²) in [4.78, 5) is 16.1. The molecule has 1 amide bonds. The number of hydrogen-bond acceptors (Lipinski definition) is 2. The van der Waals surface area contributed by atoms with Gasteiger partial charge in [-0.25, -0.2) is 9.38 Å². The van der Waals surface area contributed by atoms with Crippen molar-refractivity contribution in [2.24, 2.45) is 4.99 Å². The molecule has 0 atom stereocenters. The van der Waals surface area contributed by atoms with Gasteiger partial charge in [-0.1, -0.05) is 18.2 Å². The standard InChI is InChI=1S/C16H21FN4O.HI/c1-2-18-16(21-13-7-3-4-8-13)19-11-15(22)20-14-9-5-6-12(17)10-14;/h3-6,9-10,13H,2,7-8,11H2,1H3,(H,20,22)(H2,18,19,21);1H. The van der Waals surface area contributed by atoms with Crippen LogP contribution in [0.5, 0.6) is 0 Å². The quantitative estimate of drug-likeness (QED) is 0.290. The van der Waals surface area contributed by atoms with Crippen LogP contribution in [0.25, 0.3) is 0 Å². The molecule has 126 valence electrons. The molecule has 0 heterocycles. The van der Waals surface area contributed by atoms with Crippen molar-refractivity contribution in [3.8, 4) is 0 Å². The fraction of sp³-hybridized carbons (Fsp3) is 0.375. The molecular formula is C16H22FIN4O. The van der Waals surface area contributed by atoms with Gasteiger partial charge in [-0.05, 0) is 38.0 Å². The molecule has 3 N–H and O–H groups in total. The number of amides is 1. The highest BCUT2D eigenvalue weighted by Gasteiger charge is 2.12. The van der Waals surface area contributed by atoms with Gasteiger partial charge < -0.3 is 16.0 Å². The summed E-state index contributed by atoms with van der Waals surface area (Å²) in [5, 5.41) is 9.01. The zero-order valence-electron chi connectivity index (χ0n) is 13.0. The number of carbonyl (C=O) groups excluding carboxylic acids is 1. The van der Waals surface area contributed by atoms with Gasteiger partial charge >= 0.3 is 0 Å². The predicted molar refractivity (Wildman–Crippen MR) is 102 cm³/mol. The summed E-state index contributed by atoms with van der Waals surface area (Å²) in [5.41, 5.74) is 0.429. The smallest absolute Gasteiger partial charge is 0.246 e. The molecule has 7 heteroatoms. The second-order valence-electron chi connectivity index (χ2n) is 5.04. The van der Waals surface area contributed by atoms with Crippen molar-refractivity contribution >= 4 is 41.5 Å². The Balaban J connectivity index is 0.00000264. The van der Waals surface area contributed by atoms with Gasteiger partial charge in [0.2, 0.25) is 5.91 Å². The molecule has 0 aliphatic heterocycles. The molecule has 0 bridgehead atoms. The van der Waals surface area contributed by atoms with Crippen LogP contribution in [0.3, 0.4) is 0 Å². The number of benzene rings is 1. The third-order valence-corrected chi connectivity index (χ3v) is 3.18. The normalized spacial score (nSPS) is 14.3. The van der Waals surface area contributed by atoms with E-state index in [1.807, 2.05) is 6.92 Å². The van der Waals surface area contributed by atoms with E-state index >= 15 is 0 Å². The van der Waals surface area contributed by atoms with E-state index in [2.05, 4.69) is 33.1 Å². The largest absolute Gasteiger partial charge is 0.357 e. The molecule has 0 aromatic heterocycles. The van der Waals surface area contributed by atoms with E-state index in [-0.39, 0.29) is 42.2 Å². The van der Waals surface area contributed by atoms with Crippen molar-refractivity contribution in [1.82, 2.24) is 10.6 Å². The number of guanidine groups is 1. The average molecular weight is 432 g/mol. The van der Waals surface area contributed by atoms with Gasteiger partial charge in [0, 0.05) is 18.3 Å². The van der Waals surface area contributed by atoms with Crippen LogP contribution in [0.2, 0.25) is 0 Å². The van der Waals surface area contributed by atoms with Crippen molar-refractivity contribution in [3.63, 3.8) is 0 Å². The predicted octanol–water partition coefficient (Wildman–Crippen LogP) is 2.66. The summed E-state index contributed by atoms with van der Waals surface area (Å²) < 4.78 is 13.1. The van der Waals surface area contributed by atoms with Crippen LogP contribution in [-0.4, -0.2) is 31.0 Å². The minimum Gasteiger partial charge on any atom is -0.357 e. The lowest BCUT2D eigenvalue weighted by Gasteiger charge is -2.16. The van der Waals surface area contributed by atoms with Crippen LogP contribution >= 0.6 is 24.0 Å². The maximum absolute atomic E-state index is 13.1. The molecule has 2 rings (SSSR count). The highest BCUT2D eigenvalue weighted by Crippen LogP contribution is 2.09. The highest BCUT2D eigenvalue weighted by molar-refractivity contribution is 14.0. The molecule has 0 saturated heterocycles. The van der Waals surface area contributed by atoms with E-state index in [9.17, 15) is 9.18 Å². The molecule has 5 nitrogen and oxygen atoms in total. The number of carbonyl (C=O) groups is 1. The lowest BCUT2D eigenvalue weighted by Crippen LogP contribution is -2.42. The molecule has 1 aliphatic rings. The number of nitrogens with one attached hydrogen (secondary N) is 3. The van der Waals surface area contributed by atoms with Gasteiger partial charge in [0.05, 0.1) is 0 Å². The van der Waals surface area contributed by atoms with E-state index in [1.165, 1.54) is 12.1 Å². The van der Waals surface area contributed by atoms with Crippen LogP contribution in [-0.2, 0) is 4.79 Å². The van der Waals surface area contributed by atoms with Gasteiger partial charge in [0.25, 0.3) is 0 Å². The fourth-order valence-electron chi connectivity index (χ4n) is 2.17. The topological polar surface area (TPSA) is 65.5 Å². The first kappa shape index (κ1) is 19.4. The summed E-state index contributed by atoms with van der Waals surface area (Å²) in [6.07, 6.45) is 6.16. The van der Waals surface area contributed by atoms with Crippen molar-refractivity contribution < 1.29 is 9.18 Å². The molecule has 1 aromatic carbocycles. The number of hydrogen-bond donors (Lipinski definition) is 3. The van der Waals surface area contributed by atoms with Crippen LogP contribution in [0.1, 0.15) is 19.8 Å². The third kappa shape index (κ3) is 6.98. The average Bonchev–Trinajstić information content (AvgIpc) is 2.98. The van der Waals surface area contributed by atoms with Crippen LogP contribution in [0, 0.1) is 5.82 Å². The van der Waals surface area contributed by atoms with Gasteiger partial charge in [0.1, 0.15) is 12.4 Å². The Morgan fingerprint density at radius 3 is 2.74 bits per heavy atom. The first-order chi connectivity index (χ1) is 10.7. The molecule has 0 fully saturated rings. The maximum Gasteiger partial charge on any atom is 0.246 e. The molecule has 0 unspecified atom stereocenters. The van der Waals surface area contributed by atoms with Crippen LogP contribution in [0.15, 0.2) is 41.4 Å². The van der Waals surface area contributed by atoms with E-state index in [1.54, 1.807) is 12.1 Å². The minimum atomic E-state index is -0.384. The van der Waals surface area contributed by atoms with Gasteiger partial charge in [0.15, 0.2) is 5.96 Å². The Kier molecular flexibility index (Phi) is 8.60. The van der Waals surface area contributed by atoms with Crippen LogP contribution in [0.4, 0.5) is 10.1 Å². The van der Waals surface area contributed by atoms with E-state index in [0.717, 1.165) is 19.4 Å². The molecular weight excluding hydrogens is 410 g/mol. The first-order valence-corrected chi connectivity index (χ1v) is 7.42. The SMILES string of the molecule is CCNC(=NCC(=O)Nc1cccc(F)c1)NC1CC=CC1.I. The number of aliphatic imine (C=N–C) groups is 1. The molecule has 0 spiro atoms.